The third kappa shape index (κ3) is 3.39. The lowest BCUT2D eigenvalue weighted by Crippen LogP contribution is -2.08. The molecule has 0 fully saturated rings. The Balaban J connectivity index is 2.12. The highest BCUT2D eigenvalue weighted by atomic mass is 32.2. The zero-order chi connectivity index (χ0) is 13.0. The van der Waals surface area contributed by atoms with Crippen LogP contribution in [0.4, 0.5) is 5.95 Å². The summed E-state index contributed by atoms with van der Waals surface area (Å²) in [7, 11) is 0. The number of nitrogen functional groups attached to an aromatic ring is 1. The molecule has 0 aromatic carbocycles. The van der Waals surface area contributed by atoms with Gasteiger partial charge in [-0.3, -0.25) is 0 Å². The maximum absolute atomic E-state index is 5.66. The molecule has 0 spiro atoms. The molecule has 0 atom stereocenters. The van der Waals surface area contributed by atoms with Crippen molar-refractivity contribution in [1.82, 2.24) is 29.7 Å². The van der Waals surface area contributed by atoms with Crippen molar-refractivity contribution < 1.29 is 0 Å². The minimum atomic E-state index is 0.197. The number of rotatable bonds is 5. The van der Waals surface area contributed by atoms with E-state index < -0.39 is 0 Å². The third-order valence-electron chi connectivity index (χ3n) is 2.17. The summed E-state index contributed by atoms with van der Waals surface area (Å²) in [6.07, 6.45) is 4.05. The average Bonchev–Trinajstić information content (AvgIpc) is 2.81. The monoisotopic (exact) mass is 265 g/mol. The van der Waals surface area contributed by atoms with Crippen molar-refractivity contribution in [2.75, 3.05) is 11.5 Å². The van der Waals surface area contributed by atoms with E-state index >= 15 is 0 Å². The van der Waals surface area contributed by atoms with Gasteiger partial charge in [-0.25, -0.2) is 4.98 Å². The first-order valence-electron chi connectivity index (χ1n) is 5.64. The van der Waals surface area contributed by atoms with Crippen LogP contribution in [0.3, 0.4) is 0 Å². The zero-order valence-corrected chi connectivity index (χ0v) is 11.1. The van der Waals surface area contributed by atoms with Crippen LogP contribution in [-0.4, -0.2) is 35.5 Å². The minimum absolute atomic E-state index is 0.197. The number of nitrogens with zero attached hydrogens (tertiary/aromatic N) is 6. The molecule has 2 N–H and O–H groups in total. The molecule has 2 rings (SSSR count). The average molecular weight is 265 g/mol. The number of nitrogens with two attached hydrogens (primary N) is 1. The van der Waals surface area contributed by atoms with E-state index in [0.717, 1.165) is 12.2 Å². The molecule has 0 aliphatic rings. The maximum Gasteiger partial charge on any atom is 0.257 e. The first-order valence-corrected chi connectivity index (χ1v) is 6.63. The topological polar surface area (TPSA) is 95.4 Å². The van der Waals surface area contributed by atoms with Gasteiger partial charge in [-0.2, -0.15) is 24.7 Å². The summed E-state index contributed by atoms with van der Waals surface area (Å²) in [6, 6.07) is 0. The smallest absolute Gasteiger partial charge is 0.257 e. The fourth-order valence-corrected chi connectivity index (χ4v) is 2.30. The van der Waals surface area contributed by atoms with Gasteiger partial charge in [-0.15, -0.1) is 0 Å². The summed E-state index contributed by atoms with van der Waals surface area (Å²) in [5.74, 6) is 2.21. The van der Waals surface area contributed by atoms with Crippen LogP contribution in [0.1, 0.15) is 20.3 Å². The minimum Gasteiger partial charge on any atom is -0.368 e. The fourth-order valence-electron chi connectivity index (χ4n) is 1.23. The summed E-state index contributed by atoms with van der Waals surface area (Å²) in [5.41, 5.74) is 5.66. The quantitative estimate of drug-likeness (QED) is 0.811. The molecule has 2 heterocycles. The number of anilines is 1. The molecule has 0 saturated carbocycles. The molecular formula is C10H15N7S. The van der Waals surface area contributed by atoms with Gasteiger partial charge in [0.2, 0.25) is 5.95 Å². The molecule has 0 bridgehead atoms. The largest absolute Gasteiger partial charge is 0.368 e. The molecule has 0 unspecified atom stereocenters. The Labute approximate surface area is 109 Å². The van der Waals surface area contributed by atoms with E-state index in [1.54, 1.807) is 11.8 Å². The second-order valence-electron chi connectivity index (χ2n) is 4.15. The van der Waals surface area contributed by atoms with E-state index in [1.165, 1.54) is 17.3 Å². The van der Waals surface area contributed by atoms with Crippen LogP contribution in [0.5, 0.6) is 0 Å². The molecule has 18 heavy (non-hydrogen) atoms. The van der Waals surface area contributed by atoms with Crippen LogP contribution in [-0.2, 0) is 0 Å². The van der Waals surface area contributed by atoms with Crippen molar-refractivity contribution >= 4 is 17.7 Å². The molecule has 2 aromatic heterocycles. The summed E-state index contributed by atoms with van der Waals surface area (Å²) in [6.45, 7) is 4.37. The lowest BCUT2D eigenvalue weighted by atomic mass is 10.2. The summed E-state index contributed by atoms with van der Waals surface area (Å²) < 4.78 is 1.46. The molecular weight excluding hydrogens is 250 g/mol. The number of thioether (sulfide) groups is 1. The SMILES string of the molecule is CC(C)CCSc1nc(N)nc(-n2cncn2)n1. The zero-order valence-electron chi connectivity index (χ0n) is 10.3. The normalized spacial score (nSPS) is 11.1. The highest BCUT2D eigenvalue weighted by molar-refractivity contribution is 7.99. The maximum atomic E-state index is 5.66. The standard InChI is InChI=1S/C10H15N7S/c1-7(2)3-4-18-10-15-8(11)14-9(16-10)17-6-12-5-13-17/h5-7H,3-4H2,1-2H3,(H2,11,14,15,16). The van der Waals surface area contributed by atoms with Crippen LogP contribution < -0.4 is 5.73 Å². The summed E-state index contributed by atoms with van der Waals surface area (Å²) >= 11 is 1.57. The van der Waals surface area contributed by atoms with Gasteiger partial charge in [0.05, 0.1) is 0 Å². The molecule has 8 heteroatoms. The molecule has 7 nitrogen and oxygen atoms in total. The van der Waals surface area contributed by atoms with Crippen molar-refractivity contribution in [1.29, 1.82) is 0 Å². The van der Waals surface area contributed by atoms with Crippen molar-refractivity contribution in [2.24, 2.45) is 5.92 Å². The Bertz CT molecular complexity index is 497. The molecule has 0 amide bonds. The Kier molecular flexibility index (Phi) is 4.08. The summed E-state index contributed by atoms with van der Waals surface area (Å²) in [4.78, 5) is 16.3. The first kappa shape index (κ1) is 12.7. The van der Waals surface area contributed by atoms with Crippen LogP contribution >= 0.6 is 11.8 Å². The predicted molar refractivity (Wildman–Crippen MR) is 69.3 cm³/mol. The van der Waals surface area contributed by atoms with Gasteiger partial charge < -0.3 is 5.73 Å². The second-order valence-corrected chi connectivity index (χ2v) is 5.21. The van der Waals surface area contributed by atoms with Gasteiger partial charge in [0.1, 0.15) is 12.7 Å². The van der Waals surface area contributed by atoms with Gasteiger partial charge in [0.15, 0.2) is 5.16 Å². The lowest BCUT2D eigenvalue weighted by Gasteiger charge is -2.05. The Hall–Kier alpha value is -1.70. The number of aromatic nitrogens is 6. The molecule has 96 valence electrons. The highest BCUT2D eigenvalue weighted by Crippen LogP contribution is 2.17. The van der Waals surface area contributed by atoms with Crippen molar-refractivity contribution in [3.8, 4) is 5.95 Å². The number of hydrogen-bond acceptors (Lipinski definition) is 7. The van der Waals surface area contributed by atoms with Gasteiger partial charge in [0, 0.05) is 5.75 Å². The predicted octanol–water partition coefficient (Wildman–Crippen LogP) is 1.17. The lowest BCUT2D eigenvalue weighted by molar-refractivity contribution is 0.631. The summed E-state index contributed by atoms with van der Waals surface area (Å²) in [5, 5.41) is 4.58. The molecule has 0 saturated heterocycles. The Morgan fingerprint density at radius 2 is 2.17 bits per heavy atom. The van der Waals surface area contributed by atoms with E-state index in [1.807, 2.05) is 0 Å². The van der Waals surface area contributed by atoms with Crippen molar-refractivity contribution in [3.05, 3.63) is 12.7 Å². The van der Waals surface area contributed by atoms with E-state index in [-0.39, 0.29) is 5.95 Å². The van der Waals surface area contributed by atoms with E-state index in [9.17, 15) is 0 Å². The molecule has 0 radical (unpaired) electrons. The fraction of sp³-hybridized carbons (Fsp3) is 0.500. The van der Waals surface area contributed by atoms with E-state index in [4.69, 9.17) is 5.73 Å². The Morgan fingerprint density at radius 3 is 2.83 bits per heavy atom. The second kappa shape index (κ2) is 5.76. The van der Waals surface area contributed by atoms with Gasteiger partial charge >= 0.3 is 0 Å². The van der Waals surface area contributed by atoms with Crippen LogP contribution in [0.15, 0.2) is 17.8 Å². The van der Waals surface area contributed by atoms with Gasteiger partial charge in [-0.05, 0) is 12.3 Å². The molecule has 0 aliphatic carbocycles. The first-order chi connectivity index (χ1) is 8.65. The van der Waals surface area contributed by atoms with Crippen LogP contribution in [0.25, 0.3) is 5.95 Å². The Morgan fingerprint density at radius 1 is 1.33 bits per heavy atom. The van der Waals surface area contributed by atoms with E-state index in [2.05, 4.69) is 38.9 Å². The van der Waals surface area contributed by atoms with Crippen LogP contribution in [0, 0.1) is 5.92 Å². The van der Waals surface area contributed by atoms with Crippen molar-refractivity contribution in [2.45, 2.75) is 25.4 Å². The number of hydrogen-bond donors (Lipinski definition) is 1. The highest BCUT2D eigenvalue weighted by Gasteiger charge is 2.07. The van der Waals surface area contributed by atoms with Gasteiger partial charge in [-0.1, -0.05) is 25.6 Å². The van der Waals surface area contributed by atoms with Crippen molar-refractivity contribution in [3.63, 3.8) is 0 Å². The molecule has 2 aromatic rings. The van der Waals surface area contributed by atoms with Crippen LogP contribution in [0.2, 0.25) is 0 Å². The van der Waals surface area contributed by atoms with Gasteiger partial charge in [0.25, 0.3) is 5.95 Å². The van der Waals surface area contributed by atoms with E-state index in [0.29, 0.717) is 17.0 Å². The molecule has 0 aliphatic heterocycles. The third-order valence-corrected chi connectivity index (χ3v) is 3.05.